The fourth-order valence-electron chi connectivity index (χ4n) is 18.4. The number of nitrogens with zero attached hydrogens (tertiary/aromatic N) is 4. The first-order valence-corrected chi connectivity index (χ1v) is 48.5. The number of urea groups is 1. The van der Waals surface area contributed by atoms with E-state index in [1.54, 1.807) is 66.8 Å². The lowest BCUT2D eigenvalue weighted by molar-refractivity contribution is -0.202. The molecule has 10 rings (SSSR count). The highest BCUT2D eigenvalue weighted by Gasteiger charge is 2.76. The highest BCUT2D eigenvalue weighted by atomic mass is 32.2. The van der Waals surface area contributed by atoms with E-state index in [0.29, 0.717) is 107 Å². The van der Waals surface area contributed by atoms with Crippen molar-refractivity contribution in [2.45, 2.75) is 187 Å². The first-order valence-electron chi connectivity index (χ1n) is 46.9. The number of primary amides is 1. The molecule has 3 saturated carbocycles. The summed E-state index contributed by atoms with van der Waals surface area (Å²) in [4.78, 5) is 146. The number of alkyl carbamates (subject to hydrolysis) is 1. The van der Waals surface area contributed by atoms with Crippen LogP contribution in [0.25, 0.3) is 22.5 Å². The number of anilines is 2. The topological polar surface area (TPSA) is 539 Å². The predicted octanol–water partition coefficient (Wildman–Crippen LogP) is 4.83. The van der Waals surface area contributed by atoms with Crippen molar-refractivity contribution in [1.82, 2.24) is 52.2 Å². The number of nitrogens with two attached hydrogens (primary N) is 1. The zero-order chi connectivity index (χ0) is 97.6. The summed E-state index contributed by atoms with van der Waals surface area (Å²) in [7, 11) is -4.15. The van der Waals surface area contributed by atoms with Crippen LogP contribution in [0.4, 0.5) is 21.0 Å². The van der Waals surface area contributed by atoms with Crippen LogP contribution >= 0.6 is 0 Å². The Balaban J connectivity index is 0.537. The lowest BCUT2D eigenvalue weighted by atomic mass is 9.46. The minimum Gasteiger partial charge on any atom is -0.445 e. The van der Waals surface area contributed by atoms with Gasteiger partial charge in [-0.05, 0) is 111 Å². The van der Waals surface area contributed by atoms with Gasteiger partial charge in [-0.3, -0.25) is 47.7 Å². The first-order chi connectivity index (χ1) is 65.4. The number of rotatable bonds is 61. The summed E-state index contributed by atoms with van der Waals surface area (Å²) < 4.78 is 107. The highest BCUT2D eigenvalue weighted by Crippen LogP contribution is 2.70. The number of aromatic nitrogens is 3. The monoisotopic (exact) mass is 1930 g/mol. The van der Waals surface area contributed by atoms with E-state index in [1.165, 1.54) is 0 Å². The summed E-state index contributed by atoms with van der Waals surface area (Å²) in [5, 5.41) is 42.4. The fraction of sp³-hybridized carbons (Fsp3) is 0.628. The largest absolute Gasteiger partial charge is 0.445 e. The fourth-order valence-corrected chi connectivity index (χ4v) is 18.8. The molecule has 1 saturated heterocycles. The molecule has 4 fully saturated rings. The van der Waals surface area contributed by atoms with Gasteiger partial charge in [0, 0.05) is 78.9 Å². The van der Waals surface area contributed by atoms with E-state index in [0.717, 1.165) is 35.2 Å². The Hall–Kier alpha value is -10.2. The van der Waals surface area contributed by atoms with E-state index in [1.807, 2.05) is 68.5 Å². The zero-order valence-electron chi connectivity index (χ0n) is 78.5. The third-order valence-corrected chi connectivity index (χ3v) is 25.8. The number of nitrogens with one attached hydrogen (secondary N) is 8. The Morgan fingerprint density at radius 1 is 0.669 bits per heavy atom. The number of hydrogen-bond acceptors (Lipinski definition) is 29. The van der Waals surface area contributed by atoms with Crippen LogP contribution in [0.2, 0.25) is 0 Å². The molecule has 1 aromatic heterocycles. The van der Waals surface area contributed by atoms with Crippen molar-refractivity contribution < 1.29 is 132 Å². The second-order valence-corrected chi connectivity index (χ2v) is 36.5. The van der Waals surface area contributed by atoms with E-state index >= 15 is 0 Å². The molecule has 42 heteroatoms. The molecular weight excluding hydrogens is 1790 g/mol. The summed E-state index contributed by atoms with van der Waals surface area (Å²) in [5.74, 6) is -4.75. The van der Waals surface area contributed by atoms with Crippen LogP contribution in [-0.4, -0.2) is 298 Å². The molecular formula is C94H135N13O28S. The van der Waals surface area contributed by atoms with Crippen LogP contribution in [0.3, 0.4) is 0 Å². The van der Waals surface area contributed by atoms with Crippen LogP contribution in [0.1, 0.15) is 136 Å². The molecule has 6 aliphatic rings. The number of Topliss-reactive ketones (excluding diaryl/α,β-unsaturated/α-hetero) is 1. The molecule has 4 aromatic rings. The van der Waals surface area contributed by atoms with E-state index in [4.69, 9.17) is 71.9 Å². The maximum atomic E-state index is 14.9. The molecule has 3 aromatic carbocycles. The molecule has 3 heterocycles. The average Bonchev–Trinajstić information content (AvgIpc) is 1.50. The third kappa shape index (κ3) is 31.4. The summed E-state index contributed by atoms with van der Waals surface area (Å²) in [6, 6.07) is 18.6. The maximum absolute atomic E-state index is 14.9. The minimum absolute atomic E-state index is 0.0283. The maximum Gasteiger partial charge on any atom is 0.407 e. The lowest BCUT2D eigenvalue weighted by Gasteiger charge is -2.59. The molecule has 12 N–H and O–H groups in total. The number of carbonyl (C=O) groups excluding carboxylic acids is 11. The SMILES string of the molecule is CCCC1O[C@@H]2C[C@H]3[C@@H]4CCC5=CC(=O)C=C[C@]5(C)[C@H]4[C@@H](O)C[C@]3(C)[C@]2(C(=O)COC(CC)NC(=O)CNC(=O)OCc2ccc(NC(=O)[C@H](CCCNC(N)=O)NC(=O)[C@@H](NC(=O)CCOCCOCCOCCOCCOCCNC(=O)CCC(=O)N3Cc4ccccc4-c4c(nnn4CCOCCOCCOCCOCCC(=O)NCCS(=O)(=O)O)-c4ccccc43)C(C)C)cc2)O1. The van der Waals surface area contributed by atoms with Crippen LogP contribution in [0.5, 0.6) is 0 Å². The third-order valence-electron chi connectivity index (χ3n) is 25.1. The molecule has 0 bridgehead atoms. The van der Waals surface area contributed by atoms with Crippen molar-refractivity contribution in [2.24, 2.45) is 40.2 Å². The number of fused-ring (bicyclic) bond motifs is 12. The van der Waals surface area contributed by atoms with Gasteiger partial charge in [0.25, 0.3) is 10.1 Å². The van der Waals surface area contributed by atoms with Crippen molar-refractivity contribution in [2.75, 3.05) is 168 Å². The molecule has 2 aliphatic heterocycles. The number of allylic oxidation sites excluding steroid dienone is 4. The molecule has 750 valence electrons. The van der Waals surface area contributed by atoms with Crippen LogP contribution in [-0.2, 0) is 135 Å². The van der Waals surface area contributed by atoms with Gasteiger partial charge >= 0.3 is 12.1 Å². The molecule has 4 aliphatic carbocycles. The summed E-state index contributed by atoms with van der Waals surface area (Å²) >= 11 is 0. The predicted molar refractivity (Wildman–Crippen MR) is 493 cm³/mol. The lowest BCUT2D eigenvalue weighted by Crippen LogP contribution is -2.63. The molecule has 10 amide bonds. The van der Waals surface area contributed by atoms with E-state index in [-0.39, 0.29) is 191 Å². The summed E-state index contributed by atoms with van der Waals surface area (Å²) in [5.41, 5.74) is 8.85. The average molecular weight is 1930 g/mol. The number of carbonyl (C=O) groups is 11. The Morgan fingerprint density at radius 2 is 1.28 bits per heavy atom. The number of hydrogen-bond donors (Lipinski definition) is 11. The van der Waals surface area contributed by atoms with Crippen LogP contribution in [0.15, 0.2) is 96.6 Å². The van der Waals surface area contributed by atoms with Crippen LogP contribution in [0, 0.1) is 34.5 Å². The smallest absolute Gasteiger partial charge is 0.407 e. The van der Waals surface area contributed by atoms with Gasteiger partial charge in [-0.15, -0.1) is 5.10 Å². The Kier molecular flexibility index (Phi) is 43.0. The van der Waals surface area contributed by atoms with Crippen molar-refractivity contribution >= 4 is 86.5 Å². The number of benzene rings is 3. The number of para-hydroxylation sites is 1. The zero-order valence-corrected chi connectivity index (χ0v) is 79.3. The van der Waals surface area contributed by atoms with Gasteiger partial charge in [-0.25, -0.2) is 14.3 Å². The quantitative estimate of drug-likeness (QED) is 0.0160. The van der Waals surface area contributed by atoms with Gasteiger partial charge in [0.15, 0.2) is 23.5 Å². The van der Waals surface area contributed by atoms with Gasteiger partial charge in [0.1, 0.15) is 43.8 Å². The molecule has 136 heavy (non-hydrogen) atoms. The van der Waals surface area contributed by atoms with Gasteiger partial charge in [0.05, 0.1) is 161 Å². The molecule has 12 atom stereocenters. The number of aliphatic hydroxyl groups is 1. The summed E-state index contributed by atoms with van der Waals surface area (Å²) in [6.07, 6.45) is 5.51. The Labute approximate surface area is 792 Å². The van der Waals surface area contributed by atoms with E-state index < -0.39 is 130 Å². The molecule has 0 spiro atoms. The van der Waals surface area contributed by atoms with Crippen LogP contribution < -0.4 is 53.2 Å². The van der Waals surface area contributed by atoms with E-state index in [9.17, 15) is 66.3 Å². The number of amides is 10. The van der Waals surface area contributed by atoms with Gasteiger partial charge in [0.2, 0.25) is 41.4 Å². The molecule has 0 radical (unpaired) electrons. The van der Waals surface area contributed by atoms with Gasteiger partial charge < -0.3 is 120 Å². The minimum atomic E-state index is -4.15. The Bertz CT molecular complexity index is 4810. The molecule has 2 unspecified atom stereocenters. The van der Waals surface area contributed by atoms with E-state index in [2.05, 4.69) is 59.8 Å². The standard InChI is InChI=1S/C94H135N13O28S/c1-7-14-83-134-76-56-71-69-25-22-65-55-67(108)28-31-92(65,5)84(69)74(109)57-93(71,6)94(76,135-83)75(110)61-132-81(8-2)102-80(114)58-99-91(119)133-60-63-20-23-66(24-21-63)100-88(116)72(18-13-32-98-90(95)118)101-89(117)85(62(3)4)103-79(113)30-37-124-41-45-128-49-52-131-53-50-129-46-42-125-38-33-96-77(111)26-27-82(115)106-59-64-15-9-10-16-68(64)87-86(70-17-11-12-19-73(70)106)104-105-107(87)35-39-126-43-47-130-51-48-127-44-40-123-36-29-78(112)97-34-54-136(120,121)122/h9-12,15-17,19-21,23-24,28,31,55,62,69,71-72,74,76,81,83-85,109H,7-8,13-14,18,22,25-27,29-30,32-54,56-61H2,1-6H3,(H,96,111)(H,97,112)(H,99,119)(H,100,116)(H,101,117)(H,102,114)(H,103,113)(H3,95,98,118)(H,120,121,122)/t69-,71-,72-,74-,76+,81?,83?,84+,85-,92-,93-,94+/m0/s1. The second-order valence-electron chi connectivity index (χ2n) is 34.9. The second kappa shape index (κ2) is 54.3. The number of ether oxygens (including phenoxy) is 13. The Morgan fingerprint density at radius 3 is 1.92 bits per heavy atom. The summed E-state index contributed by atoms with van der Waals surface area (Å²) in [6.45, 7) is 15.7. The molecule has 41 nitrogen and oxygen atoms in total. The number of ketones is 2. The van der Waals surface area contributed by atoms with Crippen molar-refractivity contribution in [3.05, 3.63) is 108 Å². The first kappa shape index (κ1) is 108. The van der Waals surface area contributed by atoms with Crippen molar-refractivity contribution in [3.8, 4) is 22.5 Å². The van der Waals surface area contributed by atoms with Crippen molar-refractivity contribution in [3.63, 3.8) is 0 Å². The number of aliphatic hydroxyl groups excluding tert-OH is 1. The highest BCUT2D eigenvalue weighted by molar-refractivity contribution is 7.85. The van der Waals surface area contributed by atoms with Gasteiger partial charge in [-0.1, -0.05) is 119 Å². The van der Waals surface area contributed by atoms with Gasteiger partial charge in [-0.2, -0.15) is 8.42 Å². The van der Waals surface area contributed by atoms with Crippen molar-refractivity contribution in [1.29, 1.82) is 0 Å². The normalized spacial score (nSPS) is 21.3.